The summed E-state index contributed by atoms with van der Waals surface area (Å²) in [6, 6.07) is 21.1. The van der Waals surface area contributed by atoms with Crippen molar-refractivity contribution in [3.8, 4) is 17.6 Å². The van der Waals surface area contributed by atoms with Gasteiger partial charge in [-0.15, -0.1) is 11.3 Å². The molecule has 0 saturated heterocycles. The first-order valence-corrected chi connectivity index (χ1v) is 8.59. The Balaban J connectivity index is 1.68. The number of carbonyl (C=O) groups excluding carboxylic acids is 1. The minimum atomic E-state index is -0.0198. The van der Waals surface area contributed by atoms with Crippen LogP contribution in [0.25, 0.3) is 6.08 Å². The van der Waals surface area contributed by atoms with Crippen LogP contribution in [0.5, 0.6) is 5.75 Å². The lowest BCUT2D eigenvalue weighted by Gasteiger charge is -1.98. The number of hydrogen-bond donors (Lipinski definition) is 0. The maximum Gasteiger partial charge on any atom is 0.195 e. The van der Waals surface area contributed by atoms with Gasteiger partial charge in [-0.05, 0) is 48.0 Å². The van der Waals surface area contributed by atoms with E-state index in [0.717, 1.165) is 21.8 Å². The highest BCUT2D eigenvalue weighted by atomic mass is 32.1. The van der Waals surface area contributed by atoms with Crippen molar-refractivity contribution >= 4 is 23.2 Å². The van der Waals surface area contributed by atoms with Crippen LogP contribution in [0.2, 0.25) is 0 Å². The van der Waals surface area contributed by atoms with E-state index in [1.165, 1.54) is 11.3 Å². The summed E-state index contributed by atoms with van der Waals surface area (Å²) in [5.74, 6) is 6.98. The fraction of sp³-hybridized carbons (Fsp3) is 0.0455. The maximum atomic E-state index is 12.3. The van der Waals surface area contributed by atoms with Crippen LogP contribution in [0.15, 0.2) is 72.8 Å². The smallest absolute Gasteiger partial charge is 0.195 e. The molecule has 0 spiro atoms. The van der Waals surface area contributed by atoms with Gasteiger partial charge in [0.1, 0.15) is 5.75 Å². The van der Waals surface area contributed by atoms with E-state index >= 15 is 0 Å². The average Bonchev–Trinajstić information content (AvgIpc) is 3.15. The highest BCUT2D eigenvalue weighted by molar-refractivity contribution is 7.14. The fourth-order valence-electron chi connectivity index (χ4n) is 2.16. The van der Waals surface area contributed by atoms with Gasteiger partial charge in [-0.3, -0.25) is 4.79 Å². The van der Waals surface area contributed by atoms with Crippen molar-refractivity contribution in [3.05, 3.63) is 93.7 Å². The summed E-state index contributed by atoms with van der Waals surface area (Å²) in [6.45, 7) is 0. The summed E-state index contributed by atoms with van der Waals surface area (Å²) < 4.78 is 5.12. The van der Waals surface area contributed by atoms with Crippen molar-refractivity contribution in [2.24, 2.45) is 0 Å². The SMILES string of the molecule is COc1ccc(/C=C/C(=O)c2ccc(C#Cc3ccccc3)s2)cc1. The van der Waals surface area contributed by atoms with Gasteiger partial charge >= 0.3 is 0 Å². The second-order valence-electron chi connectivity index (χ2n) is 5.25. The van der Waals surface area contributed by atoms with Gasteiger partial charge in [-0.25, -0.2) is 0 Å². The minimum Gasteiger partial charge on any atom is -0.497 e. The topological polar surface area (TPSA) is 26.3 Å². The van der Waals surface area contributed by atoms with Gasteiger partial charge in [-0.1, -0.05) is 48.2 Å². The molecule has 0 aliphatic carbocycles. The molecular formula is C22H16O2S. The zero-order chi connectivity index (χ0) is 17.5. The Morgan fingerprint density at radius 1 is 0.960 bits per heavy atom. The molecule has 2 aromatic carbocycles. The Bertz CT molecular complexity index is 939. The molecule has 3 heteroatoms. The number of allylic oxidation sites excluding steroid dienone is 1. The van der Waals surface area contributed by atoms with Gasteiger partial charge in [0.25, 0.3) is 0 Å². The van der Waals surface area contributed by atoms with Crippen molar-refractivity contribution in [1.82, 2.24) is 0 Å². The molecule has 25 heavy (non-hydrogen) atoms. The van der Waals surface area contributed by atoms with Crippen LogP contribution in [0.3, 0.4) is 0 Å². The summed E-state index contributed by atoms with van der Waals surface area (Å²) in [5.41, 5.74) is 1.91. The average molecular weight is 344 g/mol. The summed E-state index contributed by atoms with van der Waals surface area (Å²) >= 11 is 1.41. The fourth-order valence-corrected chi connectivity index (χ4v) is 2.94. The van der Waals surface area contributed by atoms with E-state index in [-0.39, 0.29) is 5.78 Å². The molecule has 0 atom stereocenters. The Labute approximate surface area is 151 Å². The second kappa shape index (κ2) is 8.14. The van der Waals surface area contributed by atoms with E-state index in [9.17, 15) is 4.79 Å². The summed E-state index contributed by atoms with van der Waals surface area (Å²) in [7, 11) is 1.63. The minimum absolute atomic E-state index is 0.0198. The van der Waals surface area contributed by atoms with E-state index in [1.807, 2.05) is 66.7 Å². The molecule has 0 amide bonds. The van der Waals surface area contributed by atoms with Crippen molar-refractivity contribution in [2.75, 3.05) is 7.11 Å². The molecule has 0 radical (unpaired) electrons. The first-order chi connectivity index (χ1) is 12.2. The number of rotatable bonds is 4. The van der Waals surface area contributed by atoms with Gasteiger partial charge < -0.3 is 4.74 Å². The Morgan fingerprint density at radius 2 is 1.72 bits per heavy atom. The quantitative estimate of drug-likeness (QED) is 0.376. The van der Waals surface area contributed by atoms with Crippen LogP contribution in [0.4, 0.5) is 0 Å². The molecule has 0 saturated carbocycles. The number of thiophene rings is 1. The van der Waals surface area contributed by atoms with Crippen molar-refractivity contribution in [2.45, 2.75) is 0 Å². The van der Waals surface area contributed by atoms with Crippen LogP contribution < -0.4 is 4.74 Å². The van der Waals surface area contributed by atoms with E-state index in [0.29, 0.717) is 4.88 Å². The molecule has 0 aliphatic heterocycles. The van der Waals surface area contributed by atoms with Crippen LogP contribution >= 0.6 is 11.3 Å². The first kappa shape index (κ1) is 16.8. The molecule has 0 aliphatic rings. The number of ketones is 1. The number of methoxy groups -OCH3 is 1. The number of carbonyl (C=O) groups is 1. The third kappa shape index (κ3) is 4.69. The third-order valence-corrected chi connectivity index (χ3v) is 4.51. The van der Waals surface area contributed by atoms with Gasteiger partial charge in [0, 0.05) is 5.56 Å². The molecule has 1 aromatic heterocycles. The third-order valence-electron chi connectivity index (χ3n) is 3.50. The predicted molar refractivity (Wildman–Crippen MR) is 103 cm³/mol. The number of benzene rings is 2. The normalized spacial score (nSPS) is 10.3. The molecule has 0 unspecified atom stereocenters. The standard InChI is InChI=1S/C22H16O2S/c1-24-19-11-7-18(8-12-19)10-15-21(23)22-16-14-20(25-22)13-9-17-5-3-2-4-6-17/h2-8,10-12,14-16H,1H3/b15-10+. The monoisotopic (exact) mass is 344 g/mol. The Hall–Kier alpha value is -3.09. The summed E-state index contributed by atoms with van der Waals surface area (Å²) in [6.07, 6.45) is 3.39. The van der Waals surface area contributed by atoms with E-state index in [4.69, 9.17) is 4.74 Å². The molecule has 0 bridgehead atoms. The number of hydrogen-bond acceptors (Lipinski definition) is 3. The van der Waals surface area contributed by atoms with E-state index < -0.39 is 0 Å². The summed E-state index contributed by atoms with van der Waals surface area (Å²) in [4.78, 5) is 13.8. The van der Waals surface area contributed by atoms with Crippen LogP contribution in [-0.4, -0.2) is 12.9 Å². The molecule has 3 rings (SSSR count). The van der Waals surface area contributed by atoms with Crippen LogP contribution in [0.1, 0.15) is 25.7 Å². The molecule has 122 valence electrons. The Morgan fingerprint density at radius 3 is 2.44 bits per heavy atom. The zero-order valence-corrected chi connectivity index (χ0v) is 14.5. The largest absolute Gasteiger partial charge is 0.497 e. The lowest BCUT2D eigenvalue weighted by atomic mass is 10.2. The summed E-state index contributed by atoms with van der Waals surface area (Å²) in [5, 5.41) is 0. The molecular weight excluding hydrogens is 328 g/mol. The second-order valence-corrected chi connectivity index (χ2v) is 6.33. The van der Waals surface area contributed by atoms with Crippen molar-refractivity contribution in [1.29, 1.82) is 0 Å². The van der Waals surface area contributed by atoms with E-state index in [2.05, 4.69) is 11.8 Å². The van der Waals surface area contributed by atoms with Gasteiger partial charge in [0.05, 0.1) is 16.9 Å². The maximum absolute atomic E-state index is 12.3. The van der Waals surface area contributed by atoms with Gasteiger partial charge in [0.2, 0.25) is 0 Å². The Kier molecular flexibility index (Phi) is 5.46. The van der Waals surface area contributed by atoms with Crippen molar-refractivity contribution < 1.29 is 9.53 Å². The van der Waals surface area contributed by atoms with Crippen molar-refractivity contribution in [3.63, 3.8) is 0 Å². The van der Waals surface area contributed by atoms with Crippen LogP contribution in [-0.2, 0) is 0 Å². The highest BCUT2D eigenvalue weighted by Crippen LogP contribution is 2.18. The predicted octanol–water partition coefficient (Wildman–Crippen LogP) is 5.05. The molecule has 0 N–H and O–H groups in total. The van der Waals surface area contributed by atoms with E-state index in [1.54, 1.807) is 19.3 Å². The lowest BCUT2D eigenvalue weighted by Crippen LogP contribution is -1.88. The zero-order valence-electron chi connectivity index (χ0n) is 13.7. The highest BCUT2D eigenvalue weighted by Gasteiger charge is 2.05. The van der Waals surface area contributed by atoms with Gasteiger partial charge in [0.15, 0.2) is 5.78 Å². The molecule has 3 aromatic rings. The molecule has 1 heterocycles. The van der Waals surface area contributed by atoms with Gasteiger partial charge in [-0.2, -0.15) is 0 Å². The first-order valence-electron chi connectivity index (χ1n) is 7.78. The molecule has 2 nitrogen and oxygen atoms in total. The van der Waals surface area contributed by atoms with Crippen LogP contribution in [0, 0.1) is 11.8 Å². The molecule has 0 fully saturated rings. The number of ether oxygens (including phenoxy) is 1. The lowest BCUT2D eigenvalue weighted by molar-refractivity contribution is 0.105.